The smallest absolute Gasteiger partial charge is 0.337 e. The van der Waals surface area contributed by atoms with Crippen LogP contribution >= 0.6 is 11.3 Å². The van der Waals surface area contributed by atoms with E-state index in [0.717, 1.165) is 25.7 Å². The second-order valence-electron chi connectivity index (χ2n) is 5.38. The molecule has 0 aliphatic heterocycles. The summed E-state index contributed by atoms with van der Waals surface area (Å²) in [5.74, 6) is -1.66. The highest BCUT2D eigenvalue weighted by molar-refractivity contribution is 7.14. The second-order valence-corrected chi connectivity index (χ2v) is 6.52. The number of aliphatic hydroxyl groups is 1. The van der Waals surface area contributed by atoms with Crippen molar-refractivity contribution in [2.45, 2.75) is 44.6 Å². The largest absolute Gasteiger partial charge is 0.479 e. The van der Waals surface area contributed by atoms with Crippen molar-refractivity contribution in [3.8, 4) is 0 Å². The van der Waals surface area contributed by atoms with Gasteiger partial charge in [-0.15, -0.1) is 11.3 Å². The number of carbonyl (C=O) groups excluding carboxylic acids is 1. The molecule has 1 aliphatic carbocycles. The third-order valence-electron chi connectivity index (χ3n) is 3.52. The van der Waals surface area contributed by atoms with E-state index in [2.05, 4.69) is 5.32 Å². The maximum atomic E-state index is 12.0. The Morgan fingerprint density at radius 1 is 1.35 bits per heavy atom. The maximum Gasteiger partial charge on any atom is 0.337 e. The molecule has 2 rings (SSSR count). The highest BCUT2D eigenvalue weighted by atomic mass is 32.1. The van der Waals surface area contributed by atoms with E-state index in [0.29, 0.717) is 4.88 Å². The van der Waals surface area contributed by atoms with Gasteiger partial charge in [-0.2, -0.15) is 0 Å². The van der Waals surface area contributed by atoms with E-state index in [1.54, 1.807) is 0 Å². The zero-order valence-corrected chi connectivity index (χ0v) is 12.3. The topological polar surface area (TPSA) is 86.6 Å². The molecule has 6 heteroatoms. The van der Waals surface area contributed by atoms with Crippen LogP contribution in [0.25, 0.3) is 0 Å². The number of carboxylic acids is 1. The van der Waals surface area contributed by atoms with Crippen LogP contribution < -0.4 is 5.32 Å². The maximum absolute atomic E-state index is 12.0. The average Bonchev–Trinajstić information content (AvgIpc) is 2.67. The summed E-state index contributed by atoms with van der Waals surface area (Å²) < 4.78 is 0. The molecular formula is C14H19NO4S. The first-order valence-electron chi connectivity index (χ1n) is 6.76. The summed E-state index contributed by atoms with van der Waals surface area (Å²) >= 11 is 1.47. The number of aryl methyl sites for hydroxylation is 2. The number of carbonyl (C=O) groups is 2. The number of carboxylic acid groups (broad SMARTS) is 1. The van der Waals surface area contributed by atoms with Gasteiger partial charge in [-0.1, -0.05) is 6.42 Å². The van der Waals surface area contributed by atoms with Gasteiger partial charge in [0.05, 0.1) is 11.4 Å². The van der Waals surface area contributed by atoms with Crippen molar-refractivity contribution in [2.24, 2.45) is 0 Å². The third-order valence-corrected chi connectivity index (χ3v) is 4.76. The average molecular weight is 297 g/mol. The van der Waals surface area contributed by atoms with Gasteiger partial charge in [0.1, 0.15) is 0 Å². The van der Waals surface area contributed by atoms with E-state index in [1.807, 2.05) is 6.07 Å². The number of hydrogen-bond acceptors (Lipinski definition) is 4. The Hall–Kier alpha value is -1.40. The van der Waals surface area contributed by atoms with Crippen LogP contribution in [0.1, 0.15) is 46.3 Å². The number of amides is 1. The van der Waals surface area contributed by atoms with Gasteiger partial charge in [-0.3, -0.25) is 4.79 Å². The molecule has 0 aromatic carbocycles. The Labute approximate surface area is 121 Å². The predicted molar refractivity (Wildman–Crippen MR) is 76.2 cm³/mol. The number of thiophene rings is 1. The molecule has 0 spiro atoms. The van der Waals surface area contributed by atoms with Gasteiger partial charge in [-0.25, -0.2) is 4.79 Å². The fraction of sp³-hybridized carbons (Fsp3) is 0.571. The molecule has 1 aromatic rings. The van der Waals surface area contributed by atoms with Crippen LogP contribution in [0.2, 0.25) is 0 Å². The zero-order chi connectivity index (χ0) is 14.8. The molecule has 20 heavy (non-hydrogen) atoms. The molecule has 0 fully saturated rings. The van der Waals surface area contributed by atoms with Gasteiger partial charge in [0, 0.05) is 4.88 Å². The first-order valence-corrected chi connectivity index (χ1v) is 7.57. The minimum absolute atomic E-state index is 0.302. The van der Waals surface area contributed by atoms with E-state index in [1.165, 1.54) is 35.1 Å². The van der Waals surface area contributed by atoms with Crippen LogP contribution in [0.5, 0.6) is 0 Å². The van der Waals surface area contributed by atoms with Crippen LogP contribution in [0.15, 0.2) is 6.07 Å². The molecule has 110 valence electrons. The molecule has 3 N–H and O–H groups in total. The number of nitrogens with one attached hydrogen (secondary N) is 1. The number of aliphatic carboxylic acids is 1. The molecule has 0 radical (unpaired) electrons. The van der Waals surface area contributed by atoms with Gasteiger partial charge in [0.25, 0.3) is 5.91 Å². The van der Waals surface area contributed by atoms with E-state index < -0.39 is 11.6 Å². The SMILES string of the molecule is CC(O)(CNC(=O)c1cc2c(s1)CCCCC2)C(=O)O. The first kappa shape index (κ1) is 15.0. The standard InChI is InChI=1S/C14H19NO4S/c1-14(19,13(17)18)8-15-12(16)11-7-9-5-3-2-4-6-10(9)20-11/h7,19H,2-6,8H2,1H3,(H,15,16)(H,17,18). The molecule has 0 saturated carbocycles. The summed E-state index contributed by atoms with van der Waals surface area (Å²) in [5.41, 5.74) is -0.702. The van der Waals surface area contributed by atoms with Gasteiger partial charge < -0.3 is 15.5 Å². The Balaban J connectivity index is 2.01. The van der Waals surface area contributed by atoms with Crippen molar-refractivity contribution < 1.29 is 19.8 Å². The summed E-state index contributed by atoms with van der Waals surface area (Å²) in [7, 11) is 0. The lowest BCUT2D eigenvalue weighted by molar-refractivity contribution is -0.155. The van der Waals surface area contributed by atoms with Gasteiger partial charge in [0.15, 0.2) is 5.60 Å². The summed E-state index contributed by atoms with van der Waals surface area (Å²) in [6.07, 6.45) is 5.55. The fourth-order valence-corrected chi connectivity index (χ4v) is 3.36. The molecule has 1 unspecified atom stereocenters. The van der Waals surface area contributed by atoms with Crippen molar-refractivity contribution >= 4 is 23.2 Å². The molecule has 0 bridgehead atoms. The lowest BCUT2D eigenvalue weighted by Gasteiger charge is -2.17. The highest BCUT2D eigenvalue weighted by Crippen LogP contribution is 2.28. The Morgan fingerprint density at radius 3 is 2.75 bits per heavy atom. The lowest BCUT2D eigenvalue weighted by Crippen LogP contribution is -2.46. The monoisotopic (exact) mass is 297 g/mol. The van der Waals surface area contributed by atoms with Gasteiger partial charge >= 0.3 is 5.97 Å². The molecule has 1 atom stereocenters. The normalized spacial score (nSPS) is 17.7. The van der Waals surface area contributed by atoms with Gasteiger partial charge in [-0.05, 0) is 44.2 Å². The summed E-state index contributed by atoms with van der Waals surface area (Å²) in [6, 6.07) is 1.90. The second kappa shape index (κ2) is 5.93. The minimum Gasteiger partial charge on any atom is -0.479 e. The van der Waals surface area contributed by atoms with Gasteiger partial charge in [0.2, 0.25) is 0 Å². The molecule has 0 saturated heterocycles. The third kappa shape index (κ3) is 3.37. The molecule has 5 nitrogen and oxygen atoms in total. The molecule has 1 aliphatic rings. The molecule has 1 aromatic heterocycles. The van der Waals surface area contributed by atoms with Crippen molar-refractivity contribution in [1.82, 2.24) is 5.32 Å². The van der Waals surface area contributed by atoms with E-state index >= 15 is 0 Å². The van der Waals surface area contributed by atoms with Crippen molar-refractivity contribution in [3.63, 3.8) is 0 Å². The van der Waals surface area contributed by atoms with Crippen LogP contribution in [0.3, 0.4) is 0 Å². The lowest BCUT2D eigenvalue weighted by atomic mass is 10.1. The van der Waals surface area contributed by atoms with Crippen LogP contribution in [0, 0.1) is 0 Å². The summed E-state index contributed by atoms with van der Waals surface area (Å²) in [5, 5.41) is 20.9. The van der Waals surface area contributed by atoms with E-state index in [4.69, 9.17) is 5.11 Å². The summed E-state index contributed by atoms with van der Waals surface area (Å²) in [6.45, 7) is 0.864. The Morgan fingerprint density at radius 2 is 2.05 bits per heavy atom. The predicted octanol–water partition coefficient (Wildman–Crippen LogP) is 1.58. The number of rotatable bonds is 4. The van der Waals surface area contributed by atoms with Crippen LogP contribution in [-0.2, 0) is 17.6 Å². The van der Waals surface area contributed by atoms with Crippen LogP contribution in [-0.4, -0.2) is 34.2 Å². The fourth-order valence-electron chi connectivity index (χ4n) is 2.19. The Bertz CT molecular complexity index is 498. The van der Waals surface area contributed by atoms with Crippen molar-refractivity contribution in [2.75, 3.05) is 6.54 Å². The number of fused-ring (bicyclic) bond motifs is 1. The first-order chi connectivity index (χ1) is 9.40. The zero-order valence-electron chi connectivity index (χ0n) is 11.4. The number of hydrogen-bond donors (Lipinski definition) is 3. The molecular weight excluding hydrogens is 278 g/mol. The quantitative estimate of drug-likeness (QED) is 0.736. The van der Waals surface area contributed by atoms with E-state index in [9.17, 15) is 14.7 Å². The van der Waals surface area contributed by atoms with E-state index in [-0.39, 0.29) is 12.5 Å². The van der Waals surface area contributed by atoms with Crippen molar-refractivity contribution in [3.05, 3.63) is 21.4 Å². The van der Waals surface area contributed by atoms with Crippen molar-refractivity contribution in [1.29, 1.82) is 0 Å². The Kier molecular flexibility index (Phi) is 4.45. The van der Waals surface area contributed by atoms with Crippen LogP contribution in [0.4, 0.5) is 0 Å². The molecule has 1 heterocycles. The highest BCUT2D eigenvalue weighted by Gasteiger charge is 2.30. The summed E-state index contributed by atoms with van der Waals surface area (Å²) in [4.78, 5) is 24.6. The minimum atomic E-state index is -1.94. The molecule has 1 amide bonds.